The highest BCUT2D eigenvalue weighted by molar-refractivity contribution is 6.40. The van der Waals surface area contributed by atoms with E-state index in [-0.39, 0.29) is 59.2 Å². The number of rotatable bonds is 8. The minimum atomic E-state index is -4.94. The summed E-state index contributed by atoms with van der Waals surface area (Å²) >= 11 is 12.1. The van der Waals surface area contributed by atoms with E-state index in [1.165, 1.54) is 0 Å². The first-order valence-corrected chi connectivity index (χ1v) is 14.2. The molecule has 222 valence electrons. The Bertz CT molecular complexity index is 1370. The zero-order valence-electron chi connectivity index (χ0n) is 22.2. The van der Waals surface area contributed by atoms with Gasteiger partial charge < -0.3 is 10.0 Å². The predicted molar refractivity (Wildman–Crippen MR) is 142 cm³/mol. The van der Waals surface area contributed by atoms with Gasteiger partial charge in [0, 0.05) is 6.54 Å². The standard InChI is InChI=1S/C28H29Cl2F4N3O4/c1-26(25(40)41)4-2-17(3-5-26)37-23(28(32,33)34)18(12-35-37)24(39)36(13-15-10-27(11-15)6-7-27)14-21(38)22-19(29)8-16(31)9-20(22)30/h8-9,12,15,17H,2-7,10-11,13-14H2,1H3,(H,40,41). The maximum Gasteiger partial charge on any atom is 0.433 e. The van der Waals surface area contributed by atoms with Crippen LogP contribution in [0.1, 0.15) is 90.7 Å². The number of nitrogens with zero attached hydrogens (tertiary/aromatic N) is 3. The first-order chi connectivity index (χ1) is 19.1. The number of alkyl halides is 3. The molecule has 3 fully saturated rings. The van der Waals surface area contributed by atoms with Crippen molar-refractivity contribution in [1.29, 1.82) is 0 Å². The number of carboxylic acid groups (broad SMARTS) is 1. The number of benzene rings is 1. The van der Waals surface area contributed by atoms with Crippen molar-refractivity contribution in [2.75, 3.05) is 13.1 Å². The Labute approximate surface area is 243 Å². The fraction of sp³-hybridized carbons (Fsp3) is 0.571. The van der Waals surface area contributed by atoms with Crippen LogP contribution < -0.4 is 0 Å². The van der Waals surface area contributed by atoms with E-state index in [1.807, 2.05) is 0 Å². The number of amides is 1. The summed E-state index contributed by atoms with van der Waals surface area (Å²) in [6.07, 6.45) is 0.335. The average Bonchev–Trinajstić information content (AvgIpc) is 3.51. The van der Waals surface area contributed by atoms with Crippen LogP contribution in [0.2, 0.25) is 10.0 Å². The van der Waals surface area contributed by atoms with Gasteiger partial charge in [0.15, 0.2) is 11.5 Å². The number of ketones is 1. The predicted octanol–water partition coefficient (Wildman–Crippen LogP) is 7.07. The van der Waals surface area contributed by atoms with Gasteiger partial charge in [-0.25, -0.2) is 4.39 Å². The van der Waals surface area contributed by atoms with Gasteiger partial charge in [-0.15, -0.1) is 0 Å². The van der Waals surface area contributed by atoms with Crippen molar-refractivity contribution in [2.45, 2.75) is 70.5 Å². The Kier molecular flexibility index (Phi) is 7.68. The molecule has 7 nitrogen and oxygen atoms in total. The molecule has 3 aliphatic carbocycles. The van der Waals surface area contributed by atoms with Gasteiger partial charge in [-0.1, -0.05) is 23.2 Å². The van der Waals surface area contributed by atoms with Crippen molar-refractivity contribution in [1.82, 2.24) is 14.7 Å². The quantitative estimate of drug-likeness (QED) is 0.253. The van der Waals surface area contributed by atoms with Gasteiger partial charge in [-0.05, 0) is 81.8 Å². The van der Waals surface area contributed by atoms with Gasteiger partial charge in [-0.3, -0.25) is 19.1 Å². The lowest BCUT2D eigenvalue weighted by Gasteiger charge is -2.39. The molecule has 1 N–H and O–H groups in total. The molecule has 13 heteroatoms. The minimum absolute atomic E-state index is 0.0184. The molecule has 1 heterocycles. The number of carbonyl (C=O) groups excluding carboxylic acids is 2. The first kappa shape index (κ1) is 29.8. The summed E-state index contributed by atoms with van der Waals surface area (Å²) < 4.78 is 57.9. The second-order valence-electron chi connectivity index (χ2n) is 12.1. The molecular weight excluding hydrogens is 589 g/mol. The molecule has 0 radical (unpaired) electrons. The van der Waals surface area contributed by atoms with E-state index in [9.17, 15) is 37.1 Å². The van der Waals surface area contributed by atoms with E-state index in [0.717, 1.165) is 53.6 Å². The molecule has 3 aliphatic rings. The third-order valence-corrected chi connectivity index (χ3v) is 9.60. The lowest BCUT2D eigenvalue weighted by atomic mass is 9.71. The third kappa shape index (κ3) is 5.84. The van der Waals surface area contributed by atoms with Crippen LogP contribution in [0.5, 0.6) is 0 Å². The van der Waals surface area contributed by atoms with Gasteiger partial charge >= 0.3 is 12.1 Å². The fourth-order valence-corrected chi connectivity index (χ4v) is 7.09. The van der Waals surface area contributed by atoms with Gasteiger partial charge in [0.05, 0.1) is 45.4 Å². The molecule has 0 bridgehead atoms. The maximum absolute atomic E-state index is 14.5. The van der Waals surface area contributed by atoms with E-state index in [4.69, 9.17) is 23.2 Å². The Morgan fingerprint density at radius 2 is 1.68 bits per heavy atom. The van der Waals surface area contributed by atoms with Crippen molar-refractivity contribution < 1.29 is 37.1 Å². The molecule has 0 aliphatic heterocycles. The Morgan fingerprint density at radius 3 is 2.20 bits per heavy atom. The molecular formula is C28H29Cl2F4N3O4. The highest BCUT2D eigenvalue weighted by atomic mass is 35.5. The molecule has 5 rings (SSSR count). The van der Waals surface area contributed by atoms with Crippen LogP contribution in [0, 0.1) is 22.6 Å². The number of hydrogen-bond acceptors (Lipinski definition) is 4. The van der Waals surface area contributed by atoms with Crippen molar-refractivity contribution in [3.05, 3.63) is 51.0 Å². The van der Waals surface area contributed by atoms with Crippen molar-refractivity contribution in [3.8, 4) is 0 Å². The number of hydrogen-bond donors (Lipinski definition) is 1. The molecule has 0 saturated heterocycles. The van der Waals surface area contributed by atoms with Gasteiger partial charge in [0.1, 0.15) is 5.82 Å². The van der Waals surface area contributed by atoms with Crippen molar-refractivity contribution in [3.63, 3.8) is 0 Å². The molecule has 1 spiro atoms. The minimum Gasteiger partial charge on any atom is -0.481 e. The molecule has 2 aromatic rings. The van der Waals surface area contributed by atoms with Gasteiger partial charge in [0.2, 0.25) is 0 Å². The first-order valence-electron chi connectivity index (χ1n) is 13.5. The van der Waals surface area contributed by atoms with E-state index >= 15 is 0 Å². The summed E-state index contributed by atoms with van der Waals surface area (Å²) in [7, 11) is 0. The lowest BCUT2D eigenvalue weighted by molar-refractivity contribution is -0.152. The lowest BCUT2D eigenvalue weighted by Crippen LogP contribution is -2.43. The maximum atomic E-state index is 14.5. The molecule has 1 aromatic carbocycles. The highest BCUT2D eigenvalue weighted by Crippen LogP contribution is 2.63. The normalized spacial score (nSPS) is 23.7. The Hall–Kier alpha value is -2.66. The van der Waals surface area contributed by atoms with E-state index in [0.29, 0.717) is 0 Å². The second-order valence-corrected chi connectivity index (χ2v) is 12.9. The molecule has 1 amide bonds. The number of aromatic nitrogens is 2. The second kappa shape index (κ2) is 10.6. The molecule has 41 heavy (non-hydrogen) atoms. The van der Waals surface area contributed by atoms with Crippen LogP contribution in [0.25, 0.3) is 0 Å². The van der Waals surface area contributed by atoms with Crippen LogP contribution in [0.15, 0.2) is 18.3 Å². The van der Waals surface area contributed by atoms with Crippen molar-refractivity contribution >= 4 is 40.9 Å². The van der Waals surface area contributed by atoms with Gasteiger partial charge in [-0.2, -0.15) is 18.3 Å². The third-order valence-electron chi connectivity index (χ3n) is 9.00. The monoisotopic (exact) mass is 617 g/mol. The number of halogens is 6. The van der Waals surface area contributed by atoms with Crippen LogP contribution in [0.3, 0.4) is 0 Å². The fourth-order valence-electron chi connectivity index (χ4n) is 6.42. The Morgan fingerprint density at radius 1 is 1.10 bits per heavy atom. The highest BCUT2D eigenvalue weighted by Gasteiger charge is 2.53. The van der Waals surface area contributed by atoms with Crippen LogP contribution in [0.4, 0.5) is 17.6 Å². The summed E-state index contributed by atoms with van der Waals surface area (Å²) in [5, 5.41) is 12.9. The number of aliphatic carboxylic acids is 1. The molecule has 3 saturated carbocycles. The smallest absolute Gasteiger partial charge is 0.433 e. The average molecular weight is 618 g/mol. The summed E-state index contributed by atoms with van der Waals surface area (Å²) in [6, 6.07) is 1.07. The Balaban J connectivity index is 1.44. The van der Waals surface area contributed by atoms with E-state index in [1.54, 1.807) is 6.92 Å². The van der Waals surface area contributed by atoms with E-state index in [2.05, 4.69) is 5.10 Å². The number of Topliss-reactive ketones (excluding diaryl/α,β-unsaturated/α-hetero) is 1. The van der Waals surface area contributed by atoms with Crippen LogP contribution in [-0.2, 0) is 11.0 Å². The zero-order chi connectivity index (χ0) is 29.9. The molecule has 0 atom stereocenters. The van der Waals surface area contributed by atoms with Crippen LogP contribution >= 0.6 is 23.2 Å². The topological polar surface area (TPSA) is 92.5 Å². The zero-order valence-corrected chi connectivity index (χ0v) is 23.8. The summed E-state index contributed by atoms with van der Waals surface area (Å²) in [6.45, 7) is 1.02. The summed E-state index contributed by atoms with van der Waals surface area (Å²) in [5.74, 6) is -3.48. The summed E-state index contributed by atoms with van der Waals surface area (Å²) in [4.78, 5) is 39.7. The van der Waals surface area contributed by atoms with Crippen LogP contribution in [-0.4, -0.2) is 50.5 Å². The van der Waals surface area contributed by atoms with E-state index < -0.39 is 58.9 Å². The molecule has 0 unspecified atom stereocenters. The largest absolute Gasteiger partial charge is 0.481 e. The van der Waals surface area contributed by atoms with Crippen molar-refractivity contribution in [2.24, 2.45) is 16.7 Å². The number of carbonyl (C=O) groups is 3. The SMILES string of the molecule is CC1(C(=O)O)CCC(n2ncc(C(=O)N(CC(=O)c3c(Cl)cc(F)cc3Cl)CC3CC4(CC4)C3)c2C(F)(F)F)CC1. The van der Waals surface area contributed by atoms with Gasteiger partial charge in [0.25, 0.3) is 5.91 Å². The summed E-state index contributed by atoms with van der Waals surface area (Å²) in [5.41, 5.74) is -2.92. The molecule has 1 aromatic heterocycles. The number of carboxylic acids is 1.